The van der Waals surface area contributed by atoms with Crippen molar-refractivity contribution < 1.29 is 19.7 Å². The van der Waals surface area contributed by atoms with Crippen molar-refractivity contribution in [1.82, 2.24) is 5.32 Å². The SMILES string of the molecule is Cc1c(Cl)cccc1C(O)C(O)CCNC(=O)OC(C)(C)C. The molecule has 0 saturated heterocycles. The summed E-state index contributed by atoms with van der Waals surface area (Å²) in [6.07, 6.45) is -2.41. The van der Waals surface area contributed by atoms with Gasteiger partial charge >= 0.3 is 6.09 Å². The lowest BCUT2D eigenvalue weighted by Gasteiger charge is -2.22. The molecular weight excluding hydrogens is 306 g/mol. The van der Waals surface area contributed by atoms with Crippen LogP contribution in [0, 0.1) is 6.92 Å². The number of hydrogen-bond donors (Lipinski definition) is 3. The van der Waals surface area contributed by atoms with Crippen LogP contribution < -0.4 is 5.32 Å². The summed E-state index contributed by atoms with van der Waals surface area (Å²) in [6, 6.07) is 5.17. The van der Waals surface area contributed by atoms with Gasteiger partial charge in [-0.25, -0.2) is 4.79 Å². The summed E-state index contributed by atoms with van der Waals surface area (Å²) in [5.41, 5.74) is 0.744. The summed E-state index contributed by atoms with van der Waals surface area (Å²) in [5, 5.41) is 23.3. The van der Waals surface area contributed by atoms with E-state index in [2.05, 4.69) is 5.32 Å². The van der Waals surface area contributed by atoms with E-state index in [1.807, 2.05) is 0 Å². The molecule has 5 nitrogen and oxygen atoms in total. The highest BCUT2D eigenvalue weighted by Gasteiger charge is 2.21. The van der Waals surface area contributed by atoms with Gasteiger partial charge in [-0.05, 0) is 51.3 Å². The van der Waals surface area contributed by atoms with Crippen molar-refractivity contribution in [3.8, 4) is 0 Å². The maximum absolute atomic E-state index is 11.5. The van der Waals surface area contributed by atoms with E-state index >= 15 is 0 Å². The van der Waals surface area contributed by atoms with Gasteiger partial charge in [-0.15, -0.1) is 0 Å². The van der Waals surface area contributed by atoms with Crippen LogP contribution in [-0.4, -0.2) is 34.6 Å². The molecule has 0 heterocycles. The maximum atomic E-state index is 11.5. The molecule has 6 heteroatoms. The van der Waals surface area contributed by atoms with Gasteiger partial charge in [-0.3, -0.25) is 0 Å². The van der Waals surface area contributed by atoms with E-state index in [9.17, 15) is 15.0 Å². The number of nitrogens with one attached hydrogen (secondary N) is 1. The molecule has 0 radical (unpaired) electrons. The first-order valence-corrected chi connectivity index (χ1v) is 7.57. The van der Waals surface area contributed by atoms with Crippen LogP contribution in [0.25, 0.3) is 0 Å². The van der Waals surface area contributed by atoms with E-state index in [-0.39, 0.29) is 13.0 Å². The third-order valence-electron chi connectivity index (χ3n) is 3.10. The molecule has 0 fully saturated rings. The molecule has 1 aromatic carbocycles. The summed E-state index contributed by atoms with van der Waals surface area (Å²) in [6.45, 7) is 7.30. The molecule has 1 rings (SSSR count). The topological polar surface area (TPSA) is 78.8 Å². The van der Waals surface area contributed by atoms with Crippen LogP contribution in [0.1, 0.15) is 44.4 Å². The smallest absolute Gasteiger partial charge is 0.407 e. The first-order valence-electron chi connectivity index (χ1n) is 7.20. The lowest BCUT2D eigenvalue weighted by Crippen LogP contribution is -2.34. The molecule has 2 atom stereocenters. The number of carbonyl (C=O) groups is 1. The molecular formula is C16H24ClNO4. The molecule has 3 N–H and O–H groups in total. The Morgan fingerprint density at radius 1 is 1.36 bits per heavy atom. The number of hydrogen-bond acceptors (Lipinski definition) is 4. The third-order valence-corrected chi connectivity index (χ3v) is 3.51. The number of alkyl carbamates (subject to hydrolysis) is 1. The van der Waals surface area contributed by atoms with Gasteiger partial charge in [0.15, 0.2) is 0 Å². The molecule has 0 aromatic heterocycles. The first kappa shape index (κ1) is 18.7. The van der Waals surface area contributed by atoms with Gasteiger partial charge in [-0.1, -0.05) is 23.7 Å². The number of carbonyl (C=O) groups excluding carboxylic acids is 1. The Morgan fingerprint density at radius 2 is 2.00 bits per heavy atom. The van der Waals surface area contributed by atoms with Gasteiger partial charge in [0.25, 0.3) is 0 Å². The maximum Gasteiger partial charge on any atom is 0.407 e. The van der Waals surface area contributed by atoms with Crippen LogP contribution in [0.3, 0.4) is 0 Å². The van der Waals surface area contributed by atoms with E-state index in [1.165, 1.54) is 0 Å². The molecule has 0 aliphatic rings. The van der Waals surface area contributed by atoms with Gasteiger partial charge in [-0.2, -0.15) is 0 Å². The standard InChI is InChI=1S/C16H24ClNO4/c1-10-11(6-5-7-12(10)17)14(20)13(19)8-9-18-15(21)22-16(2,3)4/h5-7,13-14,19-20H,8-9H2,1-4H3,(H,18,21). The van der Waals surface area contributed by atoms with Crippen molar-refractivity contribution in [2.24, 2.45) is 0 Å². The quantitative estimate of drug-likeness (QED) is 0.776. The molecule has 124 valence electrons. The van der Waals surface area contributed by atoms with Gasteiger partial charge in [0.05, 0.1) is 6.10 Å². The lowest BCUT2D eigenvalue weighted by molar-refractivity contribution is 0.0119. The molecule has 22 heavy (non-hydrogen) atoms. The zero-order valence-corrected chi connectivity index (χ0v) is 14.1. The number of aliphatic hydroxyl groups is 2. The number of benzene rings is 1. The van der Waals surface area contributed by atoms with E-state index in [4.69, 9.17) is 16.3 Å². The Morgan fingerprint density at radius 3 is 2.59 bits per heavy atom. The third kappa shape index (κ3) is 5.83. The minimum absolute atomic E-state index is 0.201. The van der Waals surface area contributed by atoms with E-state index in [0.717, 1.165) is 5.56 Å². The summed E-state index contributed by atoms with van der Waals surface area (Å²) in [7, 11) is 0. The van der Waals surface area contributed by atoms with Crippen LogP contribution in [-0.2, 0) is 4.74 Å². The predicted molar refractivity (Wildman–Crippen MR) is 86.0 cm³/mol. The van der Waals surface area contributed by atoms with Crippen molar-refractivity contribution >= 4 is 17.7 Å². The van der Waals surface area contributed by atoms with Crippen LogP contribution in [0.2, 0.25) is 5.02 Å². The van der Waals surface area contributed by atoms with Crippen molar-refractivity contribution in [3.05, 3.63) is 34.3 Å². The Hall–Kier alpha value is -1.30. The van der Waals surface area contributed by atoms with Crippen LogP contribution in [0.4, 0.5) is 4.79 Å². The molecule has 0 aliphatic heterocycles. The normalized spacial score (nSPS) is 14.3. The largest absolute Gasteiger partial charge is 0.444 e. The molecule has 0 bridgehead atoms. The van der Waals surface area contributed by atoms with Gasteiger partial charge < -0.3 is 20.3 Å². The van der Waals surface area contributed by atoms with Gasteiger partial charge in [0.1, 0.15) is 11.7 Å². The van der Waals surface area contributed by atoms with Crippen molar-refractivity contribution in [2.75, 3.05) is 6.54 Å². The summed E-state index contributed by atoms with van der Waals surface area (Å²) < 4.78 is 5.09. The number of rotatable bonds is 5. The molecule has 0 aliphatic carbocycles. The highest BCUT2D eigenvalue weighted by atomic mass is 35.5. The molecule has 1 amide bonds. The fraction of sp³-hybridized carbons (Fsp3) is 0.562. The van der Waals surface area contributed by atoms with Crippen molar-refractivity contribution in [1.29, 1.82) is 0 Å². The highest BCUT2D eigenvalue weighted by molar-refractivity contribution is 6.31. The fourth-order valence-electron chi connectivity index (χ4n) is 1.95. The summed E-state index contributed by atoms with van der Waals surface area (Å²) in [5.74, 6) is 0. The van der Waals surface area contributed by atoms with Crippen LogP contribution >= 0.6 is 11.6 Å². The second-order valence-corrected chi connectivity index (χ2v) is 6.59. The van der Waals surface area contributed by atoms with E-state index in [1.54, 1.807) is 45.9 Å². The summed E-state index contributed by atoms with van der Waals surface area (Å²) in [4.78, 5) is 11.5. The number of ether oxygens (including phenoxy) is 1. The van der Waals surface area contributed by atoms with Gasteiger partial charge in [0.2, 0.25) is 0 Å². The second kappa shape index (κ2) is 7.81. The Bertz CT molecular complexity index is 513. The first-order chi connectivity index (χ1) is 10.1. The molecule has 0 saturated carbocycles. The van der Waals surface area contributed by atoms with Crippen LogP contribution in [0.15, 0.2) is 18.2 Å². The van der Waals surface area contributed by atoms with Crippen molar-refractivity contribution in [3.63, 3.8) is 0 Å². The molecule has 2 unspecified atom stereocenters. The van der Waals surface area contributed by atoms with Gasteiger partial charge in [0, 0.05) is 11.6 Å². The Balaban J connectivity index is 2.50. The Labute approximate surface area is 136 Å². The predicted octanol–water partition coefficient (Wildman–Crippen LogP) is 2.96. The Kier molecular flexibility index (Phi) is 6.66. The number of amides is 1. The summed E-state index contributed by atoms with van der Waals surface area (Å²) >= 11 is 6.00. The number of halogens is 1. The van der Waals surface area contributed by atoms with E-state index < -0.39 is 23.9 Å². The zero-order chi connectivity index (χ0) is 16.9. The second-order valence-electron chi connectivity index (χ2n) is 6.18. The average Bonchev–Trinajstić information content (AvgIpc) is 2.39. The van der Waals surface area contributed by atoms with Crippen molar-refractivity contribution in [2.45, 2.75) is 51.9 Å². The monoisotopic (exact) mass is 329 g/mol. The average molecular weight is 330 g/mol. The molecule has 1 aromatic rings. The van der Waals surface area contributed by atoms with E-state index in [0.29, 0.717) is 10.6 Å². The highest BCUT2D eigenvalue weighted by Crippen LogP contribution is 2.27. The molecule has 0 spiro atoms. The minimum atomic E-state index is -1.06. The number of aliphatic hydroxyl groups excluding tert-OH is 2. The lowest BCUT2D eigenvalue weighted by atomic mass is 9.98. The minimum Gasteiger partial charge on any atom is -0.444 e. The zero-order valence-electron chi connectivity index (χ0n) is 13.4. The van der Waals surface area contributed by atoms with Crippen LogP contribution in [0.5, 0.6) is 0 Å². The fourth-order valence-corrected chi connectivity index (χ4v) is 2.13.